The van der Waals surface area contributed by atoms with Crippen molar-refractivity contribution in [1.82, 2.24) is 15.5 Å². The van der Waals surface area contributed by atoms with E-state index in [0.717, 1.165) is 38.6 Å². The fourth-order valence-corrected chi connectivity index (χ4v) is 4.51. The number of nitrogens with zero attached hydrogens (tertiary/aromatic N) is 1. The van der Waals surface area contributed by atoms with E-state index in [2.05, 4.69) is 22.5 Å². The molecule has 0 aromatic carbocycles. The van der Waals surface area contributed by atoms with Crippen molar-refractivity contribution in [2.45, 2.75) is 76.5 Å². The van der Waals surface area contributed by atoms with Crippen LogP contribution in [0.15, 0.2) is 0 Å². The predicted octanol–water partition coefficient (Wildman–Crippen LogP) is 1.85. The minimum absolute atomic E-state index is 0.0589. The first kappa shape index (κ1) is 16.1. The molecule has 5 heteroatoms. The van der Waals surface area contributed by atoms with Gasteiger partial charge in [-0.15, -0.1) is 0 Å². The van der Waals surface area contributed by atoms with Gasteiger partial charge in [0.25, 0.3) is 0 Å². The number of aliphatic hydroxyl groups excluding tert-OH is 1. The second-order valence-electron chi connectivity index (χ2n) is 7.74. The summed E-state index contributed by atoms with van der Waals surface area (Å²) in [6.45, 7) is 4.97. The summed E-state index contributed by atoms with van der Waals surface area (Å²) in [5.41, 5.74) is -0.165. The van der Waals surface area contributed by atoms with E-state index in [0.29, 0.717) is 18.6 Å². The molecule has 1 saturated carbocycles. The third kappa shape index (κ3) is 3.40. The highest BCUT2D eigenvalue weighted by molar-refractivity contribution is 5.74. The van der Waals surface area contributed by atoms with Crippen LogP contribution in [0.1, 0.15) is 58.3 Å². The van der Waals surface area contributed by atoms with Crippen LogP contribution in [0.3, 0.4) is 0 Å². The number of hydrogen-bond acceptors (Lipinski definition) is 3. The molecule has 4 unspecified atom stereocenters. The van der Waals surface area contributed by atoms with Gasteiger partial charge in [0, 0.05) is 30.6 Å². The lowest BCUT2D eigenvalue weighted by molar-refractivity contribution is 0.00302. The number of aliphatic hydroxyl groups is 1. The number of piperidine rings is 1. The molecule has 4 atom stereocenters. The molecule has 126 valence electrons. The van der Waals surface area contributed by atoms with Crippen LogP contribution in [0.2, 0.25) is 0 Å². The van der Waals surface area contributed by atoms with Gasteiger partial charge in [-0.2, -0.15) is 0 Å². The molecule has 0 spiro atoms. The molecular weight excluding hydrogens is 278 g/mol. The number of carbonyl (C=O) groups is 1. The van der Waals surface area contributed by atoms with Crippen molar-refractivity contribution < 1.29 is 9.90 Å². The average Bonchev–Trinajstić information content (AvgIpc) is 2.92. The molecule has 2 heterocycles. The second-order valence-corrected chi connectivity index (χ2v) is 7.74. The fourth-order valence-electron chi connectivity index (χ4n) is 4.51. The SMILES string of the molecule is CC1(CNC(=O)NC2CCN3CCCCC23)CCCCC1O. The van der Waals surface area contributed by atoms with Crippen molar-refractivity contribution in [3.63, 3.8) is 0 Å². The van der Waals surface area contributed by atoms with Crippen LogP contribution in [0.25, 0.3) is 0 Å². The smallest absolute Gasteiger partial charge is 0.315 e. The molecular formula is C17H31N3O2. The maximum atomic E-state index is 12.2. The van der Waals surface area contributed by atoms with Crippen LogP contribution in [0.5, 0.6) is 0 Å². The van der Waals surface area contributed by atoms with Crippen molar-refractivity contribution in [3.8, 4) is 0 Å². The van der Waals surface area contributed by atoms with Gasteiger partial charge in [0.15, 0.2) is 0 Å². The van der Waals surface area contributed by atoms with E-state index in [1.54, 1.807) is 0 Å². The molecule has 3 rings (SSSR count). The highest BCUT2D eigenvalue weighted by Gasteiger charge is 2.38. The summed E-state index contributed by atoms with van der Waals surface area (Å²) in [4.78, 5) is 14.8. The Labute approximate surface area is 133 Å². The predicted molar refractivity (Wildman–Crippen MR) is 86.7 cm³/mol. The molecule has 3 N–H and O–H groups in total. The molecule has 5 nitrogen and oxygen atoms in total. The minimum Gasteiger partial charge on any atom is -0.392 e. The number of hydrogen-bond donors (Lipinski definition) is 3. The van der Waals surface area contributed by atoms with Gasteiger partial charge < -0.3 is 15.7 Å². The van der Waals surface area contributed by atoms with E-state index < -0.39 is 0 Å². The van der Waals surface area contributed by atoms with Gasteiger partial charge in [0.05, 0.1) is 6.10 Å². The van der Waals surface area contributed by atoms with Gasteiger partial charge >= 0.3 is 6.03 Å². The molecule has 2 amide bonds. The molecule has 0 radical (unpaired) electrons. The molecule has 3 aliphatic rings. The van der Waals surface area contributed by atoms with Crippen molar-refractivity contribution >= 4 is 6.03 Å². The molecule has 0 aromatic heterocycles. The number of carbonyl (C=O) groups excluding carboxylic acids is 1. The van der Waals surface area contributed by atoms with Gasteiger partial charge in [0.1, 0.15) is 0 Å². The number of fused-ring (bicyclic) bond motifs is 1. The Morgan fingerprint density at radius 1 is 1.18 bits per heavy atom. The van der Waals surface area contributed by atoms with E-state index in [4.69, 9.17) is 0 Å². The van der Waals surface area contributed by atoms with Gasteiger partial charge in [-0.25, -0.2) is 4.79 Å². The fraction of sp³-hybridized carbons (Fsp3) is 0.941. The van der Waals surface area contributed by atoms with Crippen LogP contribution in [0.4, 0.5) is 4.79 Å². The Bertz CT molecular complexity index is 403. The number of nitrogens with one attached hydrogen (secondary N) is 2. The zero-order valence-corrected chi connectivity index (χ0v) is 13.8. The highest BCUT2D eigenvalue weighted by atomic mass is 16.3. The van der Waals surface area contributed by atoms with Crippen molar-refractivity contribution in [2.24, 2.45) is 5.41 Å². The maximum Gasteiger partial charge on any atom is 0.315 e. The third-order valence-corrected chi connectivity index (χ3v) is 6.11. The summed E-state index contributed by atoms with van der Waals surface area (Å²) in [5, 5.41) is 16.4. The Hall–Kier alpha value is -0.810. The van der Waals surface area contributed by atoms with E-state index in [9.17, 15) is 9.90 Å². The van der Waals surface area contributed by atoms with Crippen LogP contribution >= 0.6 is 0 Å². The first-order valence-corrected chi connectivity index (χ1v) is 9.05. The number of rotatable bonds is 3. The Morgan fingerprint density at radius 2 is 2.00 bits per heavy atom. The summed E-state index contributed by atoms with van der Waals surface area (Å²) >= 11 is 0. The van der Waals surface area contributed by atoms with Crippen LogP contribution in [-0.2, 0) is 0 Å². The molecule has 1 aliphatic carbocycles. The molecule has 0 bridgehead atoms. The summed E-state index contributed by atoms with van der Waals surface area (Å²) < 4.78 is 0. The summed E-state index contributed by atoms with van der Waals surface area (Å²) in [7, 11) is 0. The monoisotopic (exact) mass is 309 g/mol. The van der Waals surface area contributed by atoms with E-state index in [1.807, 2.05) is 0 Å². The number of urea groups is 1. The topological polar surface area (TPSA) is 64.6 Å². The molecule has 2 aliphatic heterocycles. The third-order valence-electron chi connectivity index (χ3n) is 6.11. The van der Waals surface area contributed by atoms with E-state index >= 15 is 0 Å². The highest BCUT2D eigenvalue weighted by Crippen LogP contribution is 2.35. The van der Waals surface area contributed by atoms with Crippen molar-refractivity contribution in [2.75, 3.05) is 19.6 Å². The van der Waals surface area contributed by atoms with E-state index in [1.165, 1.54) is 25.8 Å². The van der Waals surface area contributed by atoms with Crippen molar-refractivity contribution in [1.29, 1.82) is 0 Å². The molecule has 0 aromatic rings. The summed E-state index contributed by atoms with van der Waals surface area (Å²) in [6.07, 6.45) is 8.67. The normalized spacial score (nSPS) is 39.3. The Kier molecular flexibility index (Phi) is 4.93. The number of amides is 2. The zero-order valence-electron chi connectivity index (χ0n) is 13.8. The lowest BCUT2D eigenvalue weighted by Crippen LogP contribution is -2.52. The van der Waals surface area contributed by atoms with Crippen LogP contribution in [-0.4, -0.2) is 53.9 Å². The quantitative estimate of drug-likeness (QED) is 0.745. The standard InChI is InChI=1S/C17H31N3O2/c1-17(9-4-2-7-15(17)21)12-18-16(22)19-13-8-11-20-10-5-3-6-14(13)20/h13-15,21H,2-12H2,1H3,(H2,18,19,22). The van der Waals surface area contributed by atoms with E-state index in [-0.39, 0.29) is 17.6 Å². The molecule has 22 heavy (non-hydrogen) atoms. The Morgan fingerprint density at radius 3 is 2.82 bits per heavy atom. The van der Waals surface area contributed by atoms with Gasteiger partial charge in [-0.3, -0.25) is 4.90 Å². The van der Waals surface area contributed by atoms with Crippen LogP contribution in [0, 0.1) is 5.41 Å². The van der Waals surface area contributed by atoms with Gasteiger partial charge in [0.2, 0.25) is 0 Å². The first-order chi connectivity index (χ1) is 10.6. The zero-order chi connectivity index (χ0) is 15.6. The van der Waals surface area contributed by atoms with Gasteiger partial charge in [-0.1, -0.05) is 26.2 Å². The first-order valence-electron chi connectivity index (χ1n) is 9.05. The Balaban J connectivity index is 1.46. The largest absolute Gasteiger partial charge is 0.392 e. The summed E-state index contributed by atoms with van der Waals surface area (Å²) in [6, 6.07) is 0.774. The maximum absolute atomic E-state index is 12.2. The second kappa shape index (κ2) is 6.75. The lowest BCUT2D eigenvalue weighted by atomic mass is 9.73. The molecule has 2 saturated heterocycles. The van der Waals surface area contributed by atoms with Crippen LogP contribution < -0.4 is 10.6 Å². The van der Waals surface area contributed by atoms with Crippen molar-refractivity contribution in [3.05, 3.63) is 0 Å². The average molecular weight is 309 g/mol. The van der Waals surface area contributed by atoms with Gasteiger partial charge in [-0.05, 0) is 38.6 Å². The summed E-state index contributed by atoms with van der Waals surface area (Å²) in [5.74, 6) is 0. The lowest BCUT2D eigenvalue weighted by Gasteiger charge is -2.38. The minimum atomic E-state index is -0.290. The molecule has 3 fully saturated rings.